The smallest absolute Gasteiger partial charge is 0.0931 e. The maximum absolute atomic E-state index is 6.09. The number of rotatable bonds is 3. The van der Waals surface area contributed by atoms with Crippen LogP contribution in [-0.4, -0.2) is 9.97 Å². The van der Waals surface area contributed by atoms with Crippen molar-refractivity contribution in [2.75, 3.05) is 5.32 Å². The Kier molecular flexibility index (Phi) is 3.05. The third-order valence-electron chi connectivity index (χ3n) is 3.52. The van der Waals surface area contributed by atoms with E-state index in [-0.39, 0.29) is 0 Å². The Balaban J connectivity index is 1.61. The van der Waals surface area contributed by atoms with E-state index >= 15 is 0 Å². The quantitative estimate of drug-likeness (QED) is 0.556. The number of H-pyrrole nitrogens is 1. The molecule has 2 aromatic heterocycles. The van der Waals surface area contributed by atoms with Gasteiger partial charge in [0, 0.05) is 22.0 Å². The first-order valence-corrected chi connectivity index (χ1v) is 7.88. The monoisotopic (exact) mass is 313 g/mol. The van der Waals surface area contributed by atoms with E-state index in [1.165, 1.54) is 15.6 Å². The minimum Gasteiger partial charge on any atom is -0.381 e. The Labute approximate surface area is 130 Å². The van der Waals surface area contributed by atoms with Gasteiger partial charge >= 0.3 is 0 Å². The summed E-state index contributed by atoms with van der Waals surface area (Å²) in [6.45, 7) is 0.778. The topological polar surface area (TPSA) is 40.7 Å². The number of benzene rings is 2. The van der Waals surface area contributed by atoms with E-state index in [1.54, 1.807) is 17.7 Å². The zero-order chi connectivity index (χ0) is 14.2. The molecule has 0 atom stereocenters. The highest BCUT2D eigenvalue weighted by Crippen LogP contribution is 2.29. The second kappa shape index (κ2) is 5.06. The van der Waals surface area contributed by atoms with Gasteiger partial charge in [0.05, 0.1) is 17.4 Å². The lowest BCUT2D eigenvalue weighted by molar-refractivity contribution is 1.18. The van der Waals surface area contributed by atoms with Crippen LogP contribution in [0.25, 0.3) is 21.1 Å². The van der Waals surface area contributed by atoms with E-state index in [1.807, 2.05) is 24.3 Å². The van der Waals surface area contributed by atoms with Gasteiger partial charge in [-0.15, -0.1) is 11.3 Å². The minimum absolute atomic E-state index is 0.778. The van der Waals surface area contributed by atoms with Crippen LogP contribution in [0.5, 0.6) is 0 Å². The van der Waals surface area contributed by atoms with Gasteiger partial charge in [-0.1, -0.05) is 11.6 Å². The summed E-state index contributed by atoms with van der Waals surface area (Å²) >= 11 is 7.84. The lowest BCUT2D eigenvalue weighted by Gasteiger charge is -2.06. The number of fused-ring (bicyclic) bond motifs is 2. The van der Waals surface area contributed by atoms with Gasteiger partial charge in [0.25, 0.3) is 0 Å². The molecule has 0 amide bonds. The van der Waals surface area contributed by atoms with E-state index in [4.69, 9.17) is 11.6 Å². The summed E-state index contributed by atoms with van der Waals surface area (Å²) < 4.78 is 1.26. The van der Waals surface area contributed by atoms with Crippen molar-refractivity contribution in [1.82, 2.24) is 9.97 Å². The zero-order valence-corrected chi connectivity index (χ0v) is 12.6. The zero-order valence-electron chi connectivity index (χ0n) is 11.1. The van der Waals surface area contributed by atoms with Crippen molar-refractivity contribution < 1.29 is 0 Å². The lowest BCUT2D eigenvalue weighted by Crippen LogP contribution is -1.98. The highest BCUT2D eigenvalue weighted by Gasteiger charge is 2.05. The third kappa shape index (κ3) is 2.37. The Morgan fingerprint density at radius 1 is 1.19 bits per heavy atom. The van der Waals surface area contributed by atoms with Gasteiger partial charge in [-0.25, -0.2) is 4.98 Å². The molecule has 0 aliphatic heterocycles. The van der Waals surface area contributed by atoms with Crippen LogP contribution >= 0.6 is 22.9 Å². The van der Waals surface area contributed by atoms with E-state index in [0.717, 1.165) is 28.3 Å². The minimum atomic E-state index is 0.778. The average molecular weight is 314 g/mol. The lowest BCUT2D eigenvalue weighted by atomic mass is 10.1. The van der Waals surface area contributed by atoms with Crippen molar-refractivity contribution in [2.24, 2.45) is 0 Å². The average Bonchev–Trinajstić information content (AvgIpc) is 3.10. The molecular formula is C16H12ClN3S. The summed E-state index contributed by atoms with van der Waals surface area (Å²) in [5.74, 6) is 0. The molecule has 0 unspecified atom stereocenters. The summed E-state index contributed by atoms with van der Waals surface area (Å²) in [6.07, 6.45) is 1.71. The first-order valence-electron chi connectivity index (χ1n) is 6.62. The van der Waals surface area contributed by atoms with Gasteiger partial charge < -0.3 is 10.3 Å². The summed E-state index contributed by atoms with van der Waals surface area (Å²) in [5, 5.41) is 7.64. The van der Waals surface area contributed by atoms with E-state index in [0.29, 0.717) is 0 Å². The van der Waals surface area contributed by atoms with Gasteiger partial charge in [0.2, 0.25) is 0 Å². The molecule has 0 aliphatic carbocycles. The number of aromatic amines is 1. The molecule has 0 saturated carbocycles. The van der Waals surface area contributed by atoms with Crippen LogP contribution < -0.4 is 5.32 Å². The summed E-state index contributed by atoms with van der Waals surface area (Å²) in [7, 11) is 0. The van der Waals surface area contributed by atoms with Gasteiger partial charge in [-0.05, 0) is 52.7 Å². The van der Waals surface area contributed by atoms with Crippen molar-refractivity contribution in [3.63, 3.8) is 0 Å². The largest absolute Gasteiger partial charge is 0.381 e. The fraction of sp³-hybridized carbons (Fsp3) is 0.0625. The van der Waals surface area contributed by atoms with Crippen LogP contribution in [0.1, 0.15) is 5.56 Å². The maximum Gasteiger partial charge on any atom is 0.0931 e. The molecule has 0 radical (unpaired) electrons. The summed E-state index contributed by atoms with van der Waals surface area (Å²) in [4.78, 5) is 7.35. The SMILES string of the molecule is Clc1ccc2scc(CNc3ccc4nc[nH]c4c3)c2c1. The van der Waals surface area contributed by atoms with Crippen LogP contribution in [-0.2, 0) is 6.54 Å². The van der Waals surface area contributed by atoms with Crippen molar-refractivity contribution in [2.45, 2.75) is 6.54 Å². The molecule has 3 nitrogen and oxygen atoms in total. The number of imidazole rings is 1. The van der Waals surface area contributed by atoms with Gasteiger partial charge in [0.15, 0.2) is 0 Å². The number of aromatic nitrogens is 2. The molecular weight excluding hydrogens is 302 g/mol. The molecule has 0 spiro atoms. The molecule has 0 saturated heterocycles. The third-order valence-corrected chi connectivity index (χ3v) is 4.77. The van der Waals surface area contributed by atoms with E-state index in [9.17, 15) is 0 Å². The van der Waals surface area contributed by atoms with Crippen LogP contribution in [0.3, 0.4) is 0 Å². The van der Waals surface area contributed by atoms with Gasteiger partial charge in [-0.3, -0.25) is 0 Å². The fourth-order valence-electron chi connectivity index (χ4n) is 2.43. The summed E-state index contributed by atoms with van der Waals surface area (Å²) in [6, 6.07) is 12.2. The molecule has 2 heterocycles. The van der Waals surface area contributed by atoms with Crippen LogP contribution in [0.15, 0.2) is 48.1 Å². The van der Waals surface area contributed by atoms with Crippen LogP contribution in [0.4, 0.5) is 5.69 Å². The first-order chi connectivity index (χ1) is 10.3. The van der Waals surface area contributed by atoms with E-state index in [2.05, 4.69) is 32.8 Å². The molecule has 0 fully saturated rings. The molecule has 0 bridgehead atoms. The Hall–Kier alpha value is -2.04. The molecule has 2 N–H and O–H groups in total. The number of hydrogen-bond donors (Lipinski definition) is 2. The Morgan fingerprint density at radius 3 is 3.10 bits per heavy atom. The molecule has 5 heteroatoms. The summed E-state index contributed by atoms with van der Waals surface area (Å²) in [5.41, 5.74) is 4.36. The number of hydrogen-bond acceptors (Lipinski definition) is 3. The molecule has 0 aliphatic rings. The Morgan fingerprint density at radius 2 is 2.14 bits per heavy atom. The first kappa shape index (κ1) is 12.7. The normalized spacial score (nSPS) is 11.3. The fourth-order valence-corrected chi connectivity index (χ4v) is 3.55. The highest BCUT2D eigenvalue weighted by molar-refractivity contribution is 7.17. The van der Waals surface area contributed by atoms with E-state index < -0.39 is 0 Å². The van der Waals surface area contributed by atoms with Crippen LogP contribution in [0, 0.1) is 0 Å². The number of thiophene rings is 1. The Bertz CT molecular complexity index is 925. The predicted molar refractivity (Wildman–Crippen MR) is 90.3 cm³/mol. The molecule has 4 aromatic rings. The van der Waals surface area contributed by atoms with Crippen molar-refractivity contribution >= 4 is 49.7 Å². The highest BCUT2D eigenvalue weighted by atomic mass is 35.5. The maximum atomic E-state index is 6.09. The van der Waals surface area contributed by atoms with Crippen molar-refractivity contribution in [3.8, 4) is 0 Å². The molecule has 2 aromatic carbocycles. The second-order valence-corrected chi connectivity index (χ2v) is 6.24. The van der Waals surface area contributed by atoms with Crippen molar-refractivity contribution in [1.29, 1.82) is 0 Å². The van der Waals surface area contributed by atoms with Crippen LogP contribution in [0.2, 0.25) is 5.02 Å². The van der Waals surface area contributed by atoms with Gasteiger partial charge in [-0.2, -0.15) is 0 Å². The molecule has 21 heavy (non-hydrogen) atoms. The van der Waals surface area contributed by atoms with Gasteiger partial charge in [0.1, 0.15) is 0 Å². The number of nitrogens with zero attached hydrogens (tertiary/aromatic N) is 1. The number of nitrogens with one attached hydrogen (secondary N) is 2. The number of halogens is 1. The number of anilines is 1. The standard InChI is InChI=1S/C16H12ClN3S/c17-11-1-4-16-13(5-11)10(8-21-16)7-18-12-2-3-14-15(6-12)20-9-19-14/h1-6,8-9,18H,7H2,(H,19,20). The second-order valence-electron chi connectivity index (χ2n) is 4.89. The van der Waals surface area contributed by atoms with Crippen molar-refractivity contribution in [3.05, 3.63) is 58.7 Å². The molecule has 104 valence electrons. The predicted octanol–water partition coefficient (Wildman–Crippen LogP) is 5.04. The molecule has 4 rings (SSSR count).